The van der Waals surface area contributed by atoms with Crippen molar-refractivity contribution in [3.63, 3.8) is 0 Å². The molecule has 0 atom stereocenters. The van der Waals surface area contributed by atoms with Crippen LogP contribution in [0.5, 0.6) is 0 Å². The first-order valence-electron chi connectivity index (χ1n) is 5.75. The smallest absolute Gasteiger partial charge is 0.0561 e. The van der Waals surface area contributed by atoms with Crippen LogP contribution >= 0.6 is 15.9 Å². The summed E-state index contributed by atoms with van der Waals surface area (Å²) in [7, 11) is 0. The number of aromatic nitrogens is 1. The van der Waals surface area contributed by atoms with Crippen molar-refractivity contribution in [2.45, 2.75) is 31.2 Å². The molecule has 0 bridgehead atoms. The summed E-state index contributed by atoms with van der Waals surface area (Å²) < 4.78 is 1.10. The monoisotopic (exact) mass is 278 g/mol. The number of aromatic amines is 1. The minimum atomic E-state index is -0.120. The molecule has 1 fully saturated rings. The third-order valence-electron chi connectivity index (χ3n) is 3.62. The summed E-state index contributed by atoms with van der Waals surface area (Å²) in [6, 6.07) is 8.50. The quantitative estimate of drug-likeness (QED) is 0.821. The predicted molar refractivity (Wildman–Crippen MR) is 70.3 cm³/mol. The molecule has 3 N–H and O–H groups in total. The molecule has 1 aliphatic rings. The summed E-state index contributed by atoms with van der Waals surface area (Å²) in [5.74, 6) is 0. The molecule has 0 unspecified atom stereocenters. The molecule has 1 saturated carbocycles. The van der Waals surface area contributed by atoms with E-state index in [9.17, 15) is 0 Å². The molecule has 1 heterocycles. The molecule has 0 saturated heterocycles. The van der Waals surface area contributed by atoms with Gasteiger partial charge in [-0.2, -0.15) is 0 Å². The van der Waals surface area contributed by atoms with Crippen LogP contribution < -0.4 is 5.73 Å². The van der Waals surface area contributed by atoms with E-state index in [1.807, 2.05) is 0 Å². The third kappa shape index (κ3) is 1.59. The Labute approximate surface area is 103 Å². The van der Waals surface area contributed by atoms with E-state index in [0.717, 1.165) is 17.3 Å². The molecule has 16 heavy (non-hydrogen) atoms. The van der Waals surface area contributed by atoms with Gasteiger partial charge >= 0.3 is 0 Å². The van der Waals surface area contributed by atoms with Crippen LogP contribution in [-0.4, -0.2) is 4.98 Å². The zero-order chi connectivity index (χ0) is 11.2. The maximum atomic E-state index is 6.44. The summed E-state index contributed by atoms with van der Waals surface area (Å²) in [6.07, 6.45) is 4.69. The first-order chi connectivity index (χ1) is 7.67. The van der Waals surface area contributed by atoms with Gasteiger partial charge in [0.25, 0.3) is 0 Å². The second-order valence-corrected chi connectivity index (χ2v) is 5.69. The maximum Gasteiger partial charge on any atom is 0.0561 e. The van der Waals surface area contributed by atoms with Gasteiger partial charge in [0.05, 0.1) is 5.54 Å². The lowest BCUT2D eigenvalue weighted by atomic mass is 9.95. The number of halogens is 1. The summed E-state index contributed by atoms with van der Waals surface area (Å²) in [5, 5.41) is 1.25. The Morgan fingerprint density at radius 3 is 2.69 bits per heavy atom. The van der Waals surface area contributed by atoms with Gasteiger partial charge in [-0.25, -0.2) is 0 Å². The van der Waals surface area contributed by atoms with Crippen molar-refractivity contribution < 1.29 is 0 Å². The predicted octanol–water partition coefficient (Wildman–Crippen LogP) is 3.66. The number of hydrogen-bond donors (Lipinski definition) is 2. The molecule has 3 rings (SSSR count). The van der Waals surface area contributed by atoms with Crippen molar-refractivity contribution in [2.75, 3.05) is 0 Å². The minimum Gasteiger partial charge on any atom is -0.357 e. The van der Waals surface area contributed by atoms with Crippen LogP contribution in [0.25, 0.3) is 10.9 Å². The lowest BCUT2D eigenvalue weighted by Crippen LogP contribution is -2.33. The Bertz CT molecular complexity index is 524. The van der Waals surface area contributed by atoms with E-state index in [1.54, 1.807) is 0 Å². The number of rotatable bonds is 1. The Morgan fingerprint density at radius 2 is 1.94 bits per heavy atom. The fraction of sp³-hybridized carbons (Fsp3) is 0.385. The average molecular weight is 279 g/mol. The molecular formula is C13H15BrN2. The maximum absolute atomic E-state index is 6.44. The molecule has 0 radical (unpaired) electrons. The molecule has 0 aliphatic heterocycles. The number of benzene rings is 1. The summed E-state index contributed by atoms with van der Waals surface area (Å²) in [5.41, 5.74) is 8.68. The van der Waals surface area contributed by atoms with Crippen LogP contribution in [0.1, 0.15) is 31.4 Å². The Morgan fingerprint density at radius 1 is 1.19 bits per heavy atom. The molecule has 3 heteroatoms. The van der Waals surface area contributed by atoms with Crippen molar-refractivity contribution >= 4 is 26.8 Å². The van der Waals surface area contributed by atoms with E-state index in [1.165, 1.54) is 29.4 Å². The van der Waals surface area contributed by atoms with E-state index in [0.29, 0.717) is 0 Å². The molecule has 0 amide bonds. The first kappa shape index (κ1) is 10.4. The van der Waals surface area contributed by atoms with Crippen molar-refractivity contribution in [1.82, 2.24) is 4.98 Å². The second-order valence-electron chi connectivity index (χ2n) is 4.78. The molecular weight excluding hydrogens is 264 g/mol. The van der Waals surface area contributed by atoms with Gasteiger partial charge in [0, 0.05) is 15.7 Å². The van der Waals surface area contributed by atoms with Crippen molar-refractivity contribution in [1.29, 1.82) is 0 Å². The van der Waals surface area contributed by atoms with Crippen LogP contribution in [0.2, 0.25) is 0 Å². The highest BCUT2D eigenvalue weighted by Crippen LogP contribution is 2.37. The number of fused-ring (bicyclic) bond motifs is 1. The molecule has 0 spiro atoms. The van der Waals surface area contributed by atoms with Gasteiger partial charge < -0.3 is 10.7 Å². The van der Waals surface area contributed by atoms with Gasteiger partial charge in [-0.1, -0.05) is 34.8 Å². The zero-order valence-electron chi connectivity index (χ0n) is 9.09. The van der Waals surface area contributed by atoms with Crippen molar-refractivity contribution in [2.24, 2.45) is 5.73 Å². The minimum absolute atomic E-state index is 0.120. The number of hydrogen-bond acceptors (Lipinski definition) is 1. The topological polar surface area (TPSA) is 41.8 Å². The van der Waals surface area contributed by atoms with Crippen molar-refractivity contribution in [3.8, 4) is 0 Å². The summed E-state index contributed by atoms with van der Waals surface area (Å²) in [4.78, 5) is 3.46. The Balaban J connectivity index is 2.11. The van der Waals surface area contributed by atoms with Gasteiger partial charge in [-0.05, 0) is 36.4 Å². The highest BCUT2D eigenvalue weighted by Gasteiger charge is 2.32. The van der Waals surface area contributed by atoms with Gasteiger partial charge in [0.2, 0.25) is 0 Å². The largest absolute Gasteiger partial charge is 0.357 e. The van der Waals surface area contributed by atoms with Gasteiger partial charge in [-0.15, -0.1) is 0 Å². The molecule has 1 aromatic carbocycles. The van der Waals surface area contributed by atoms with Crippen LogP contribution in [0.15, 0.2) is 28.7 Å². The lowest BCUT2D eigenvalue weighted by molar-refractivity contribution is 0.450. The van der Waals surface area contributed by atoms with E-state index >= 15 is 0 Å². The summed E-state index contributed by atoms with van der Waals surface area (Å²) in [6.45, 7) is 0. The van der Waals surface area contributed by atoms with Gasteiger partial charge in [-0.3, -0.25) is 0 Å². The normalized spacial score (nSPS) is 19.4. The van der Waals surface area contributed by atoms with Crippen LogP contribution in [0.4, 0.5) is 0 Å². The van der Waals surface area contributed by atoms with E-state index < -0.39 is 0 Å². The SMILES string of the molecule is NC1(c2cc3ccc(Br)cc3[nH]2)CCCC1. The zero-order valence-corrected chi connectivity index (χ0v) is 10.7. The summed E-state index contributed by atoms with van der Waals surface area (Å²) >= 11 is 3.49. The van der Waals surface area contributed by atoms with E-state index in [-0.39, 0.29) is 5.54 Å². The molecule has 2 nitrogen and oxygen atoms in total. The van der Waals surface area contributed by atoms with Crippen LogP contribution in [0.3, 0.4) is 0 Å². The first-order valence-corrected chi connectivity index (χ1v) is 6.54. The number of nitrogens with one attached hydrogen (secondary N) is 1. The molecule has 2 aromatic rings. The fourth-order valence-electron chi connectivity index (χ4n) is 2.64. The van der Waals surface area contributed by atoms with Crippen molar-refractivity contribution in [3.05, 3.63) is 34.4 Å². The third-order valence-corrected chi connectivity index (χ3v) is 4.11. The van der Waals surface area contributed by atoms with Gasteiger partial charge in [0.15, 0.2) is 0 Å². The van der Waals surface area contributed by atoms with Crippen LogP contribution in [0, 0.1) is 0 Å². The Kier molecular flexibility index (Phi) is 2.33. The average Bonchev–Trinajstić information content (AvgIpc) is 2.84. The fourth-order valence-corrected chi connectivity index (χ4v) is 3.00. The van der Waals surface area contributed by atoms with E-state index in [2.05, 4.69) is 45.2 Å². The highest BCUT2D eigenvalue weighted by atomic mass is 79.9. The molecule has 1 aliphatic carbocycles. The van der Waals surface area contributed by atoms with Crippen LogP contribution in [-0.2, 0) is 5.54 Å². The lowest BCUT2D eigenvalue weighted by Gasteiger charge is -2.21. The second kappa shape index (κ2) is 3.60. The number of H-pyrrole nitrogens is 1. The standard InChI is InChI=1S/C13H15BrN2/c14-10-4-3-9-7-12(16-11(9)8-10)13(15)5-1-2-6-13/h3-4,7-8,16H,1-2,5-6,15H2. The number of nitrogens with two attached hydrogens (primary N) is 1. The van der Waals surface area contributed by atoms with E-state index in [4.69, 9.17) is 5.73 Å². The molecule has 1 aromatic heterocycles. The molecule has 84 valence electrons. The highest BCUT2D eigenvalue weighted by molar-refractivity contribution is 9.10. The van der Waals surface area contributed by atoms with Gasteiger partial charge in [0.1, 0.15) is 0 Å². The Hall–Kier alpha value is -0.800.